The maximum atomic E-state index is 14.3. The Hall–Kier alpha value is -2.61. The fraction of sp³-hybridized carbons (Fsp3) is 0.423. The number of halogens is 2. The monoisotopic (exact) mass is 454 g/mol. The number of rotatable bonds is 8. The van der Waals surface area contributed by atoms with Crippen LogP contribution in [0.3, 0.4) is 0 Å². The average molecular weight is 455 g/mol. The van der Waals surface area contributed by atoms with Crippen molar-refractivity contribution in [3.63, 3.8) is 0 Å². The van der Waals surface area contributed by atoms with Gasteiger partial charge in [-0.15, -0.1) is 0 Å². The second kappa shape index (κ2) is 9.71. The van der Waals surface area contributed by atoms with Gasteiger partial charge in [0.2, 0.25) is 0 Å². The summed E-state index contributed by atoms with van der Waals surface area (Å²) >= 11 is 0. The number of aliphatic hydroxyl groups is 1. The molecule has 0 radical (unpaired) electrons. The summed E-state index contributed by atoms with van der Waals surface area (Å²) in [6.07, 6.45) is 0.768. The van der Waals surface area contributed by atoms with Gasteiger partial charge in [-0.05, 0) is 50.7 Å². The van der Waals surface area contributed by atoms with Crippen LogP contribution < -0.4 is 0 Å². The van der Waals surface area contributed by atoms with Crippen LogP contribution in [0.5, 0.6) is 0 Å². The van der Waals surface area contributed by atoms with Gasteiger partial charge in [0.25, 0.3) is 0 Å². The van der Waals surface area contributed by atoms with Crippen LogP contribution in [0.15, 0.2) is 48.5 Å². The van der Waals surface area contributed by atoms with Gasteiger partial charge in [0.1, 0.15) is 11.6 Å². The van der Waals surface area contributed by atoms with Gasteiger partial charge in [-0.2, -0.15) is 5.10 Å². The summed E-state index contributed by atoms with van der Waals surface area (Å²) in [6.45, 7) is 9.26. The van der Waals surface area contributed by atoms with Crippen molar-refractivity contribution in [3.8, 4) is 5.69 Å². The first-order valence-corrected chi connectivity index (χ1v) is 11.5. The molecular weight excluding hydrogens is 422 g/mol. The molecule has 1 aromatic heterocycles. The lowest BCUT2D eigenvalue weighted by Gasteiger charge is -2.36. The number of hydrogen-bond donors (Lipinski definition) is 1. The average Bonchev–Trinajstić information content (AvgIpc) is 3.18. The minimum atomic E-state index is -0.425. The molecule has 3 aromatic rings. The van der Waals surface area contributed by atoms with Crippen LogP contribution in [0.2, 0.25) is 0 Å². The Balaban J connectivity index is 1.68. The van der Waals surface area contributed by atoms with E-state index in [0.29, 0.717) is 25.2 Å². The van der Waals surface area contributed by atoms with Crippen molar-refractivity contribution in [1.82, 2.24) is 19.6 Å². The first-order valence-electron chi connectivity index (χ1n) is 11.5. The predicted molar refractivity (Wildman–Crippen MR) is 125 cm³/mol. The summed E-state index contributed by atoms with van der Waals surface area (Å²) in [5.74, 6) is -0.809. The minimum Gasteiger partial charge on any atom is -0.394 e. The Labute approximate surface area is 194 Å². The summed E-state index contributed by atoms with van der Waals surface area (Å²) < 4.78 is 30.0. The highest BCUT2D eigenvalue weighted by Crippen LogP contribution is 2.29. The van der Waals surface area contributed by atoms with Crippen LogP contribution in [-0.4, -0.2) is 49.9 Å². The van der Waals surface area contributed by atoms with Crippen LogP contribution in [0.1, 0.15) is 43.3 Å². The van der Waals surface area contributed by atoms with E-state index in [0.717, 1.165) is 48.2 Å². The standard InChI is InChI=1S/C26H32F2N4O/c1-4-31(26(2,3)18-33)17-24-22-16-30(15-19-14-20(27)10-11-23(19)28)13-12-25(22)32(29-24)21-8-6-5-7-9-21/h5-11,14,33H,4,12-13,15-18H2,1-3H3. The molecule has 2 heterocycles. The van der Waals surface area contributed by atoms with Crippen molar-refractivity contribution in [2.75, 3.05) is 19.7 Å². The van der Waals surface area contributed by atoms with Crippen LogP contribution in [0, 0.1) is 11.6 Å². The third-order valence-corrected chi connectivity index (χ3v) is 6.59. The summed E-state index contributed by atoms with van der Waals surface area (Å²) in [5, 5.41) is 14.9. The Kier molecular flexibility index (Phi) is 6.93. The molecule has 4 rings (SSSR count). The van der Waals surface area contributed by atoms with Crippen LogP contribution >= 0.6 is 0 Å². The molecule has 176 valence electrons. The molecule has 1 aliphatic rings. The van der Waals surface area contributed by atoms with E-state index < -0.39 is 5.82 Å². The molecular formula is C26H32F2N4O. The first kappa shape index (κ1) is 23.5. The third kappa shape index (κ3) is 5.00. The zero-order valence-electron chi connectivity index (χ0n) is 19.6. The van der Waals surface area contributed by atoms with Gasteiger partial charge in [-0.25, -0.2) is 13.5 Å². The van der Waals surface area contributed by atoms with Crippen molar-refractivity contribution in [2.45, 2.75) is 52.4 Å². The molecule has 2 aromatic carbocycles. The van der Waals surface area contributed by atoms with Gasteiger partial charge in [0.15, 0.2) is 0 Å². The van der Waals surface area contributed by atoms with E-state index in [9.17, 15) is 13.9 Å². The molecule has 0 atom stereocenters. The summed E-state index contributed by atoms with van der Waals surface area (Å²) in [7, 11) is 0. The number of benzene rings is 2. The molecule has 0 unspecified atom stereocenters. The van der Waals surface area contributed by atoms with E-state index in [1.165, 1.54) is 12.1 Å². The molecule has 0 aliphatic carbocycles. The molecule has 0 spiro atoms. The highest BCUT2D eigenvalue weighted by Gasteiger charge is 2.30. The zero-order chi connectivity index (χ0) is 23.6. The SMILES string of the molecule is CCN(Cc1nn(-c2ccccc2)c2c1CN(Cc1cc(F)ccc1F)CC2)C(C)(C)CO. The lowest BCUT2D eigenvalue weighted by Crippen LogP contribution is -2.46. The quantitative estimate of drug-likeness (QED) is 0.551. The smallest absolute Gasteiger partial charge is 0.127 e. The molecule has 5 nitrogen and oxygen atoms in total. The molecule has 0 saturated carbocycles. The lowest BCUT2D eigenvalue weighted by molar-refractivity contribution is 0.0537. The highest BCUT2D eigenvalue weighted by molar-refractivity contribution is 5.39. The van der Waals surface area contributed by atoms with Crippen LogP contribution in [0.25, 0.3) is 5.69 Å². The molecule has 0 bridgehead atoms. The molecule has 0 saturated heterocycles. The number of hydrogen-bond acceptors (Lipinski definition) is 4. The fourth-order valence-electron chi connectivity index (χ4n) is 4.53. The van der Waals surface area contributed by atoms with Gasteiger partial charge < -0.3 is 5.11 Å². The Bertz CT molecular complexity index is 1100. The summed E-state index contributed by atoms with van der Waals surface area (Å²) in [4.78, 5) is 4.37. The van der Waals surface area contributed by atoms with Gasteiger partial charge in [-0.1, -0.05) is 25.1 Å². The van der Waals surface area contributed by atoms with E-state index in [1.54, 1.807) is 0 Å². The molecule has 0 amide bonds. The second-order valence-electron chi connectivity index (χ2n) is 9.30. The number of likely N-dealkylation sites (N-methyl/N-ethyl adjacent to an activating group) is 1. The van der Waals surface area contributed by atoms with E-state index in [-0.39, 0.29) is 18.0 Å². The maximum absolute atomic E-state index is 14.3. The van der Waals surface area contributed by atoms with Crippen molar-refractivity contribution < 1.29 is 13.9 Å². The van der Waals surface area contributed by atoms with E-state index in [1.807, 2.05) is 48.9 Å². The molecule has 7 heteroatoms. The van der Waals surface area contributed by atoms with Gasteiger partial charge in [0, 0.05) is 49.3 Å². The van der Waals surface area contributed by atoms with E-state index >= 15 is 0 Å². The summed E-state index contributed by atoms with van der Waals surface area (Å²) in [5.41, 5.74) is 4.25. The maximum Gasteiger partial charge on any atom is 0.127 e. The Morgan fingerprint density at radius 3 is 2.58 bits per heavy atom. The van der Waals surface area contributed by atoms with E-state index in [4.69, 9.17) is 5.10 Å². The topological polar surface area (TPSA) is 44.5 Å². The van der Waals surface area contributed by atoms with Crippen molar-refractivity contribution in [2.24, 2.45) is 0 Å². The van der Waals surface area contributed by atoms with Crippen molar-refractivity contribution in [3.05, 3.63) is 82.7 Å². The van der Waals surface area contributed by atoms with Gasteiger partial charge >= 0.3 is 0 Å². The van der Waals surface area contributed by atoms with Crippen LogP contribution in [-0.2, 0) is 26.1 Å². The number of aromatic nitrogens is 2. The fourth-order valence-corrected chi connectivity index (χ4v) is 4.53. The van der Waals surface area contributed by atoms with Gasteiger partial charge in [-0.3, -0.25) is 9.80 Å². The Morgan fingerprint density at radius 2 is 1.88 bits per heavy atom. The normalized spacial score (nSPS) is 14.6. The van der Waals surface area contributed by atoms with Crippen molar-refractivity contribution >= 4 is 0 Å². The largest absolute Gasteiger partial charge is 0.394 e. The third-order valence-electron chi connectivity index (χ3n) is 6.59. The Morgan fingerprint density at radius 1 is 1.12 bits per heavy atom. The lowest BCUT2D eigenvalue weighted by atomic mass is 10.0. The number of para-hydroxylation sites is 1. The van der Waals surface area contributed by atoms with Crippen LogP contribution in [0.4, 0.5) is 8.78 Å². The molecule has 0 fully saturated rings. The molecule has 1 aliphatic heterocycles. The number of nitrogens with zero attached hydrogens (tertiary/aromatic N) is 4. The van der Waals surface area contributed by atoms with Crippen molar-refractivity contribution in [1.29, 1.82) is 0 Å². The highest BCUT2D eigenvalue weighted by atomic mass is 19.1. The van der Waals surface area contributed by atoms with E-state index in [2.05, 4.69) is 16.7 Å². The predicted octanol–water partition coefficient (Wildman–Crippen LogP) is 4.30. The second-order valence-corrected chi connectivity index (χ2v) is 9.30. The first-order chi connectivity index (χ1) is 15.8. The van der Waals surface area contributed by atoms with Gasteiger partial charge in [0.05, 0.1) is 23.7 Å². The number of aliphatic hydroxyl groups excluding tert-OH is 1. The zero-order valence-corrected chi connectivity index (χ0v) is 19.6. The molecule has 33 heavy (non-hydrogen) atoms. The number of fused-ring (bicyclic) bond motifs is 1. The molecule has 1 N–H and O–H groups in total. The summed E-state index contributed by atoms with van der Waals surface area (Å²) in [6, 6.07) is 13.7. The minimum absolute atomic E-state index is 0.0490.